The summed E-state index contributed by atoms with van der Waals surface area (Å²) in [6, 6.07) is 28.6. The summed E-state index contributed by atoms with van der Waals surface area (Å²) < 4.78 is 6.18. The van der Waals surface area contributed by atoms with E-state index in [1.165, 1.54) is 49.7 Å². The molecule has 4 aromatic carbocycles. The van der Waals surface area contributed by atoms with Crippen LogP contribution in [0.4, 0.5) is 0 Å². The maximum absolute atomic E-state index is 6.18. The summed E-state index contributed by atoms with van der Waals surface area (Å²) in [6.07, 6.45) is 0. The molecule has 0 aliphatic heterocycles. The Balaban J connectivity index is 1.76. The molecule has 34 heavy (non-hydrogen) atoms. The predicted molar refractivity (Wildman–Crippen MR) is 147 cm³/mol. The lowest BCUT2D eigenvalue weighted by Crippen LogP contribution is -2.16. The molecular formula is C33H34O. The number of benzene rings is 4. The van der Waals surface area contributed by atoms with Gasteiger partial charge < -0.3 is 4.42 Å². The number of rotatable bonds is 2. The molecule has 0 aliphatic carbocycles. The third-order valence-corrected chi connectivity index (χ3v) is 7.00. The molecule has 0 saturated heterocycles. The second kappa shape index (κ2) is 7.87. The van der Waals surface area contributed by atoms with Gasteiger partial charge in [0.25, 0.3) is 0 Å². The monoisotopic (exact) mass is 446 g/mol. The maximum Gasteiger partial charge on any atom is 0.136 e. The molecule has 0 atom stereocenters. The number of hydrogen-bond acceptors (Lipinski definition) is 1. The van der Waals surface area contributed by atoms with Crippen molar-refractivity contribution in [2.75, 3.05) is 0 Å². The summed E-state index contributed by atoms with van der Waals surface area (Å²) in [5.74, 6) is 0. The first kappa shape index (κ1) is 22.5. The zero-order chi connectivity index (χ0) is 24.3. The molecule has 0 saturated carbocycles. The molecular weight excluding hydrogens is 412 g/mol. The van der Waals surface area contributed by atoms with Crippen LogP contribution in [-0.4, -0.2) is 0 Å². The number of hydrogen-bond donors (Lipinski definition) is 0. The first-order valence-corrected chi connectivity index (χ1v) is 12.2. The van der Waals surface area contributed by atoms with Crippen LogP contribution < -0.4 is 0 Å². The second-order valence-electron chi connectivity index (χ2n) is 11.6. The molecule has 5 aromatic rings. The van der Waals surface area contributed by atoms with E-state index in [2.05, 4.69) is 121 Å². The Morgan fingerprint density at radius 1 is 0.559 bits per heavy atom. The Kier molecular flexibility index (Phi) is 5.20. The minimum atomic E-state index is 0.0861. The van der Waals surface area contributed by atoms with Gasteiger partial charge in [0.15, 0.2) is 0 Å². The Morgan fingerprint density at radius 2 is 1.12 bits per heavy atom. The number of para-hydroxylation sites is 1. The molecule has 0 amide bonds. The van der Waals surface area contributed by atoms with Gasteiger partial charge in [-0.1, -0.05) is 108 Å². The Morgan fingerprint density at radius 3 is 1.79 bits per heavy atom. The van der Waals surface area contributed by atoms with Crippen LogP contribution in [0.3, 0.4) is 0 Å². The van der Waals surface area contributed by atoms with Crippen LogP contribution >= 0.6 is 0 Å². The van der Waals surface area contributed by atoms with Crippen molar-refractivity contribution >= 4 is 21.9 Å². The standard InChI is InChI=1S/C33H34O/c1-21-25(22-18-23(32(2,3)4)20-24(19-22)33(5,6)7)13-10-14-26(21)27-15-11-17-30-31(27)28-12-8-9-16-29(28)34-30/h8-20H,1-7H3. The van der Waals surface area contributed by atoms with Crippen molar-refractivity contribution in [3.8, 4) is 22.3 Å². The molecule has 1 nitrogen and oxygen atoms in total. The normalized spacial score (nSPS) is 12.6. The molecule has 172 valence electrons. The molecule has 1 aromatic heterocycles. The molecule has 1 heteroatoms. The van der Waals surface area contributed by atoms with Crippen LogP contribution in [0.5, 0.6) is 0 Å². The van der Waals surface area contributed by atoms with Crippen LogP contribution in [-0.2, 0) is 10.8 Å². The summed E-state index contributed by atoms with van der Waals surface area (Å²) in [6.45, 7) is 16.0. The Labute approximate surface area is 203 Å². The molecule has 0 N–H and O–H groups in total. The molecule has 0 spiro atoms. The molecule has 1 heterocycles. The molecule has 0 aliphatic rings. The van der Waals surface area contributed by atoms with Crippen LogP contribution in [0, 0.1) is 6.92 Å². The summed E-state index contributed by atoms with van der Waals surface area (Å²) in [5.41, 5.74) is 11.2. The van der Waals surface area contributed by atoms with Crippen molar-refractivity contribution in [3.63, 3.8) is 0 Å². The first-order chi connectivity index (χ1) is 16.0. The van der Waals surface area contributed by atoms with Crippen molar-refractivity contribution < 1.29 is 4.42 Å². The molecule has 5 rings (SSSR count). The van der Waals surface area contributed by atoms with E-state index in [-0.39, 0.29) is 10.8 Å². The predicted octanol–water partition coefficient (Wildman–Crippen LogP) is 9.82. The summed E-state index contributed by atoms with van der Waals surface area (Å²) in [7, 11) is 0. The minimum Gasteiger partial charge on any atom is -0.456 e. The highest BCUT2D eigenvalue weighted by Crippen LogP contribution is 2.41. The smallest absolute Gasteiger partial charge is 0.136 e. The van der Waals surface area contributed by atoms with Gasteiger partial charge in [-0.05, 0) is 68.8 Å². The van der Waals surface area contributed by atoms with Crippen molar-refractivity contribution in [2.45, 2.75) is 59.3 Å². The van der Waals surface area contributed by atoms with E-state index in [1.807, 2.05) is 6.07 Å². The van der Waals surface area contributed by atoms with E-state index in [1.54, 1.807) is 0 Å². The van der Waals surface area contributed by atoms with Gasteiger partial charge in [-0.2, -0.15) is 0 Å². The SMILES string of the molecule is Cc1c(-c2cc(C(C)(C)C)cc(C(C)(C)C)c2)cccc1-c1cccc2oc3ccccc3c12. The maximum atomic E-state index is 6.18. The van der Waals surface area contributed by atoms with Crippen LogP contribution in [0.2, 0.25) is 0 Å². The van der Waals surface area contributed by atoms with Crippen molar-refractivity contribution in [1.29, 1.82) is 0 Å². The quantitative estimate of drug-likeness (QED) is 0.263. The summed E-state index contributed by atoms with van der Waals surface area (Å²) in [4.78, 5) is 0. The number of furan rings is 1. The third-order valence-electron chi connectivity index (χ3n) is 7.00. The minimum absolute atomic E-state index is 0.0861. The average molecular weight is 447 g/mol. The van der Waals surface area contributed by atoms with Gasteiger partial charge in [0.1, 0.15) is 11.2 Å². The third kappa shape index (κ3) is 3.84. The van der Waals surface area contributed by atoms with E-state index >= 15 is 0 Å². The molecule has 0 fully saturated rings. The fourth-order valence-corrected chi connectivity index (χ4v) is 4.89. The van der Waals surface area contributed by atoms with E-state index in [4.69, 9.17) is 4.42 Å². The van der Waals surface area contributed by atoms with Crippen LogP contribution in [0.25, 0.3) is 44.2 Å². The van der Waals surface area contributed by atoms with Gasteiger partial charge in [0, 0.05) is 10.8 Å². The van der Waals surface area contributed by atoms with Gasteiger partial charge in [-0.3, -0.25) is 0 Å². The van der Waals surface area contributed by atoms with E-state index in [0.29, 0.717) is 0 Å². The van der Waals surface area contributed by atoms with Crippen molar-refractivity contribution in [2.24, 2.45) is 0 Å². The summed E-state index contributed by atoms with van der Waals surface area (Å²) >= 11 is 0. The lowest BCUT2D eigenvalue weighted by molar-refractivity contribution is 0.569. The van der Waals surface area contributed by atoms with Crippen LogP contribution in [0.15, 0.2) is 83.3 Å². The summed E-state index contributed by atoms with van der Waals surface area (Å²) in [5, 5.41) is 2.36. The topological polar surface area (TPSA) is 13.1 Å². The zero-order valence-corrected chi connectivity index (χ0v) is 21.4. The molecule has 0 radical (unpaired) electrons. The highest BCUT2D eigenvalue weighted by molar-refractivity contribution is 6.12. The van der Waals surface area contributed by atoms with Gasteiger partial charge >= 0.3 is 0 Å². The van der Waals surface area contributed by atoms with Crippen LogP contribution in [0.1, 0.15) is 58.2 Å². The highest BCUT2D eigenvalue weighted by Gasteiger charge is 2.22. The fraction of sp³-hybridized carbons (Fsp3) is 0.273. The van der Waals surface area contributed by atoms with Gasteiger partial charge in [-0.15, -0.1) is 0 Å². The van der Waals surface area contributed by atoms with Crippen molar-refractivity contribution in [3.05, 3.63) is 95.6 Å². The highest BCUT2D eigenvalue weighted by atomic mass is 16.3. The lowest BCUT2D eigenvalue weighted by atomic mass is 9.78. The Bertz CT molecular complexity index is 1480. The average Bonchev–Trinajstić information content (AvgIpc) is 3.17. The first-order valence-electron chi connectivity index (χ1n) is 12.2. The fourth-order valence-electron chi connectivity index (χ4n) is 4.89. The van der Waals surface area contributed by atoms with Gasteiger partial charge in [0.2, 0.25) is 0 Å². The van der Waals surface area contributed by atoms with Crippen molar-refractivity contribution in [1.82, 2.24) is 0 Å². The Hall–Kier alpha value is -3.32. The number of fused-ring (bicyclic) bond motifs is 3. The zero-order valence-electron chi connectivity index (χ0n) is 21.4. The molecule has 0 bridgehead atoms. The van der Waals surface area contributed by atoms with E-state index in [0.717, 1.165) is 11.2 Å². The van der Waals surface area contributed by atoms with Gasteiger partial charge in [-0.25, -0.2) is 0 Å². The lowest BCUT2D eigenvalue weighted by Gasteiger charge is -2.27. The van der Waals surface area contributed by atoms with Gasteiger partial charge in [0.05, 0.1) is 0 Å². The largest absolute Gasteiger partial charge is 0.456 e. The van der Waals surface area contributed by atoms with E-state index < -0.39 is 0 Å². The second-order valence-corrected chi connectivity index (χ2v) is 11.6. The molecule has 0 unspecified atom stereocenters. The van der Waals surface area contributed by atoms with E-state index in [9.17, 15) is 0 Å².